The molecule has 102 valence electrons. The van der Waals surface area contributed by atoms with Gasteiger partial charge >= 0.3 is 6.18 Å². The lowest BCUT2D eigenvalue weighted by molar-refractivity contribution is -0.131. The molecule has 1 aliphatic rings. The first kappa shape index (κ1) is 15.2. The lowest BCUT2D eigenvalue weighted by Gasteiger charge is -2.36. The van der Waals surface area contributed by atoms with E-state index in [2.05, 4.69) is 34.7 Å². The molecule has 6 heteroatoms. The molecule has 0 spiro atoms. The van der Waals surface area contributed by atoms with Crippen molar-refractivity contribution >= 4 is 15.9 Å². The Morgan fingerprint density at radius 1 is 1.00 bits per heavy atom. The van der Waals surface area contributed by atoms with E-state index in [4.69, 9.17) is 0 Å². The second-order valence-corrected chi connectivity index (χ2v) is 6.11. The van der Waals surface area contributed by atoms with E-state index in [1.54, 1.807) is 0 Å². The van der Waals surface area contributed by atoms with Crippen LogP contribution in [0.1, 0.15) is 13.8 Å². The van der Waals surface area contributed by atoms with Gasteiger partial charge in [-0.3, -0.25) is 4.90 Å². The molecule has 1 unspecified atom stereocenters. The third-order valence-corrected chi connectivity index (χ3v) is 3.67. The average Bonchev–Trinajstić information content (AvgIpc) is 2.18. The maximum Gasteiger partial charge on any atom is 0.402 e. The normalized spacial score (nSPS) is 22.1. The van der Waals surface area contributed by atoms with Crippen LogP contribution in [0.2, 0.25) is 0 Å². The predicted molar refractivity (Wildman–Crippen MR) is 66.5 cm³/mol. The van der Waals surface area contributed by atoms with Gasteiger partial charge in [-0.2, -0.15) is 13.2 Å². The van der Waals surface area contributed by atoms with Crippen LogP contribution in [0.4, 0.5) is 13.2 Å². The van der Waals surface area contributed by atoms with E-state index in [-0.39, 0.29) is 6.54 Å². The first-order valence-electron chi connectivity index (χ1n) is 5.94. The number of alkyl halides is 4. The molecule has 1 heterocycles. The number of hydrogen-bond donors (Lipinski definition) is 0. The van der Waals surface area contributed by atoms with Crippen LogP contribution in [0, 0.1) is 5.92 Å². The van der Waals surface area contributed by atoms with Gasteiger partial charge in [-0.05, 0) is 5.92 Å². The quantitative estimate of drug-likeness (QED) is 0.736. The molecular formula is C11H20BrF3N2. The molecular weight excluding hydrogens is 297 g/mol. The van der Waals surface area contributed by atoms with Crippen molar-refractivity contribution in [3.8, 4) is 0 Å². The molecule has 2 nitrogen and oxygen atoms in total. The van der Waals surface area contributed by atoms with Crippen LogP contribution in [0.15, 0.2) is 0 Å². The summed E-state index contributed by atoms with van der Waals surface area (Å²) in [7, 11) is 0. The maximum atomic E-state index is 12.4. The Labute approximate surface area is 109 Å². The molecule has 0 aromatic rings. The highest BCUT2D eigenvalue weighted by molar-refractivity contribution is 9.09. The largest absolute Gasteiger partial charge is 0.402 e. The number of nitrogens with zero attached hydrogens (tertiary/aromatic N) is 2. The summed E-state index contributed by atoms with van der Waals surface area (Å²) in [6.45, 7) is 8.60. The molecule has 0 aromatic heterocycles. The second-order valence-electron chi connectivity index (χ2n) is 5.00. The van der Waals surface area contributed by atoms with Gasteiger partial charge in [0.2, 0.25) is 0 Å². The summed E-state index contributed by atoms with van der Waals surface area (Å²) in [5, 5.41) is 0. The minimum absolute atomic E-state index is 0.0546. The predicted octanol–water partition coefficient (Wildman–Crippen LogP) is 2.59. The van der Waals surface area contributed by atoms with Crippen molar-refractivity contribution < 1.29 is 13.2 Å². The Morgan fingerprint density at radius 3 is 1.76 bits per heavy atom. The zero-order valence-corrected chi connectivity index (χ0v) is 11.9. The fourth-order valence-electron chi connectivity index (χ4n) is 2.00. The van der Waals surface area contributed by atoms with Crippen LogP contribution >= 0.6 is 15.9 Å². The molecule has 0 bridgehead atoms. The monoisotopic (exact) mass is 316 g/mol. The molecule has 0 saturated carbocycles. The van der Waals surface area contributed by atoms with Crippen molar-refractivity contribution in [2.24, 2.45) is 5.92 Å². The molecule has 1 atom stereocenters. The fourth-order valence-corrected chi connectivity index (χ4v) is 2.41. The van der Waals surface area contributed by atoms with E-state index >= 15 is 0 Å². The summed E-state index contributed by atoms with van der Waals surface area (Å²) in [6, 6.07) is 0. The van der Waals surface area contributed by atoms with Gasteiger partial charge in [-0.25, -0.2) is 0 Å². The Balaban J connectivity index is 2.28. The average molecular weight is 317 g/mol. The van der Waals surface area contributed by atoms with Crippen molar-refractivity contribution in [1.82, 2.24) is 9.80 Å². The van der Waals surface area contributed by atoms with Gasteiger partial charge in [0, 0.05) is 39.3 Å². The third kappa shape index (κ3) is 5.57. The van der Waals surface area contributed by atoms with E-state index in [0.717, 1.165) is 32.7 Å². The van der Waals surface area contributed by atoms with E-state index in [1.807, 2.05) is 4.90 Å². The van der Waals surface area contributed by atoms with Crippen molar-refractivity contribution in [2.45, 2.75) is 24.9 Å². The summed E-state index contributed by atoms with van der Waals surface area (Å²) in [4.78, 5) is 2.79. The SMILES string of the molecule is CC(C)CN1CCN(CC(Br)C(F)(F)F)CC1. The number of rotatable bonds is 4. The first-order chi connectivity index (χ1) is 7.79. The molecule has 1 aliphatic heterocycles. The van der Waals surface area contributed by atoms with Crippen molar-refractivity contribution in [3.63, 3.8) is 0 Å². The van der Waals surface area contributed by atoms with Crippen LogP contribution in [0.25, 0.3) is 0 Å². The molecule has 1 saturated heterocycles. The molecule has 0 aromatic carbocycles. The third-order valence-electron chi connectivity index (χ3n) is 2.86. The summed E-state index contributed by atoms with van der Waals surface area (Å²) in [5.41, 5.74) is 0. The lowest BCUT2D eigenvalue weighted by Crippen LogP contribution is -2.50. The summed E-state index contributed by atoms with van der Waals surface area (Å²) in [6.07, 6.45) is -4.14. The van der Waals surface area contributed by atoms with Gasteiger partial charge in [-0.15, -0.1) is 0 Å². The van der Waals surface area contributed by atoms with E-state index in [9.17, 15) is 13.2 Å². The van der Waals surface area contributed by atoms with E-state index < -0.39 is 11.0 Å². The van der Waals surface area contributed by atoms with E-state index in [0.29, 0.717) is 5.92 Å². The summed E-state index contributed by atoms with van der Waals surface area (Å²) < 4.78 is 37.1. The standard InChI is InChI=1S/C11H20BrF3N2/c1-9(2)7-16-3-5-17(6-4-16)8-10(12)11(13,14)15/h9-10H,3-8H2,1-2H3. The topological polar surface area (TPSA) is 6.48 Å². The molecule has 17 heavy (non-hydrogen) atoms. The zero-order chi connectivity index (χ0) is 13.1. The Kier molecular flexibility index (Phi) is 5.73. The van der Waals surface area contributed by atoms with Gasteiger partial charge in [-0.1, -0.05) is 29.8 Å². The number of hydrogen-bond acceptors (Lipinski definition) is 2. The maximum absolute atomic E-state index is 12.4. The fraction of sp³-hybridized carbons (Fsp3) is 1.00. The summed E-state index contributed by atoms with van der Waals surface area (Å²) >= 11 is 2.71. The van der Waals surface area contributed by atoms with Gasteiger partial charge in [0.25, 0.3) is 0 Å². The van der Waals surface area contributed by atoms with Crippen LogP contribution in [0.5, 0.6) is 0 Å². The highest BCUT2D eigenvalue weighted by Gasteiger charge is 2.38. The Bertz CT molecular complexity index is 225. The van der Waals surface area contributed by atoms with Crippen LogP contribution < -0.4 is 0 Å². The minimum Gasteiger partial charge on any atom is -0.301 e. The van der Waals surface area contributed by atoms with Crippen LogP contribution in [-0.4, -0.2) is 60.1 Å². The van der Waals surface area contributed by atoms with Gasteiger partial charge in [0.05, 0.1) is 0 Å². The van der Waals surface area contributed by atoms with Gasteiger partial charge in [0.15, 0.2) is 0 Å². The lowest BCUT2D eigenvalue weighted by atomic mass is 10.2. The molecule has 1 fully saturated rings. The van der Waals surface area contributed by atoms with Crippen LogP contribution in [0.3, 0.4) is 0 Å². The smallest absolute Gasteiger partial charge is 0.301 e. The highest BCUT2D eigenvalue weighted by atomic mass is 79.9. The van der Waals surface area contributed by atoms with Crippen molar-refractivity contribution in [3.05, 3.63) is 0 Å². The van der Waals surface area contributed by atoms with Crippen molar-refractivity contribution in [1.29, 1.82) is 0 Å². The van der Waals surface area contributed by atoms with E-state index in [1.165, 1.54) is 0 Å². The minimum atomic E-state index is -4.14. The molecule has 1 rings (SSSR count). The Morgan fingerprint density at radius 2 is 1.41 bits per heavy atom. The highest BCUT2D eigenvalue weighted by Crippen LogP contribution is 2.27. The first-order valence-corrected chi connectivity index (χ1v) is 6.86. The zero-order valence-electron chi connectivity index (χ0n) is 10.3. The number of piperazine rings is 1. The second kappa shape index (κ2) is 6.38. The summed E-state index contributed by atoms with van der Waals surface area (Å²) in [5.74, 6) is 0.612. The molecule has 0 aliphatic carbocycles. The van der Waals surface area contributed by atoms with Gasteiger partial charge in [0.1, 0.15) is 4.83 Å². The molecule has 0 radical (unpaired) electrons. The molecule has 0 amide bonds. The van der Waals surface area contributed by atoms with Crippen molar-refractivity contribution in [2.75, 3.05) is 39.3 Å². The molecule has 0 N–H and O–H groups in total. The van der Waals surface area contributed by atoms with Gasteiger partial charge < -0.3 is 4.90 Å². The van der Waals surface area contributed by atoms with Crippen LogP contribution in [-0.2, 0) is 0 Å². The Hall–Kier alpha value is 0.190. The number of halogens is 4.